The molecule has 0 spiro atoms. The van der Waals surface area contributed by atoms with Crippen LogP contribution < -0.4 is 5.32 Å². The molecule has 7 heteroatoms. The molecular formula is C24H29N5O2. The van der Waals surface area contributed by atoms with Crippen molar-refractivity contribution in [1.29, 1.82) is 0 Å². The molecule has 1 aliphatic heterocycles. The largest absolute Gasteiger partial charge is 0.340 e. The Labute approximate surface area is 182 Å². The molecule has 0 radical (unpaired) electrons. The molecule has 0 saturated carbocycles. The molecule has 0 bridgehead atoms. The summed E-state index contributed by atoms with van der Waals surface area (Å²) in [6.07, 6.45) is 4.63. The van der Waals surface area contributed by atoms with E-state index in [-0.39, 0.29) is 23.7 Å². The van der Waals surface area contributed by atoms with Crippen molar-refractivity contribution >= 4 is 17.5 Å². The lowest BCUT2D eigenvalue weighted by molar-refractivity contribution is -0.135. The zero-order valence-electron chi connectivity index (χ0n) is 18.1. The normalized spacial score (nSPS) is 18.5. The highest BCUT2D eigenvalue weighted by atomic mass is 16.2. The first-order valence-electron chi connectivity index (χ1n) is 11.0. The highest BCUT2D eigenvalue weighted by Crippen LogP contribution is 2.27. The van der Waals surface area contributed by atoms with Crippen LogP contribution in [-0.2, 0) is 4.79 Å². The Morgan fingerprint density at radius 2 is 1.90 bits per heavy atom. The fourth-order valence-electron chi connectivity index (χ4n) is 4.22. The Kier molecular flexibility index (Phi) is 6.30. The number of pyridine rings is 1. The van der Waals surface area contributed by atoms with Crippen LogP contribution in [0.5, 0.6) is 0 Å². The zero-order valence-corrected chi connectivity index (χ0v) is 18.1. The van der Waals surface area contributed by atoms with E-state index in [9.17, 15) is 9.59 Å². The van der Waals surface area contributed by atoms with Crippen LogP contribution in [0.2, 0.25) is 0 Å². The van der Waals surface area contributed by atoms with Crippen LogP contribution >= 0.6 is 0 Å². The van der Waals surface area contributed by atoms with Crippen molar-refractivity contribution < 1.29 is 9.59 Å². The van der Waals surface area contributed by atoms with Crippen molar-refractivity contribution in [3.05, 3.63) is 66.1 Å². The SMILES string of the molecule is CC[C@H](C)[C@H](NC(=O)c1ccccc1)C(=O)N1CCC[C@@H](c2nnc3ccccn23)C1. The number of rotatable bonds is 6. The van der Waals surface area contributed by atoms with Gasteiger partial charge in [-0.15, -0.1) is 10.2 Å². The Bertz CT molecular complexity index is 1050. The lowest BCUT2D eigenvalue weighted by atomic mass is 9.93. The molecular weight excluding hydrogens is 390 g/mol. The minimum Gasteiger partial charge on any atom is -0.340 e. The molecule has 7 nitrogen and oxygen atoms in total. The summed E-state index contributed by atoms with van der Waals surface area (Å²) >= 11 is 0. The second kappa shape index (κ2) is 9.29. The molecule has 2 amide bonds. The summed E-state index contributed by atoms with van der Waals surface area (Å²) < 4.78 is 2.00. The molecule has 3 atom stereocenters. The molecule has 0 unspecified atom stereocenters. The monoisotopic (exact) mass is 419 g/mol. The van der Waals surface area contributed by atoms with Gasteiger partial charge in [-0.2, -0.15) is 0 Å². The third kappa shape index (κ3) is 4.45. The van der Waals surface area contributed by atoms with Gasteiger partial charge in [0.25, 0.3) is 5.91 Å². The number of hydrogen-bond acceptors (Lipinski definition) is 4. The van der Waals surface area contributed by atoms with Gasteiger partial charge in [-0.05, 0) is 43.0 Å². The maximum Gasteiger partial charge on any atom is 0.251 e. The van der Waals surface area contributed by atoms with E-state index in [1.54, 1.807) is 12.1 Å². The van der Waals surface area contributed by atoms with Crippen LogP contribution in [0.25, 0.3) is 5.65 Å². The van der Waals surface area contributed by atoms with Crippen molar-refractivity contribution in [2.75, 3.05) is 13.1 Å². The molecule has 4 rings (SSSR count). The molecule has 162 valence electrons. The first-order chi connectivity index (χ1) is 15.1. The van der Waals surface area contributed by atoms with Gasteiger partial charge in [0.05, 0.1) is 0 Å². The highest BCUT2D eigenvalue weighted by Gasteiger charge is 2.34. The summed E-state index contributed by atoms with van der Waals surface area (Å²) in [7, 11) is 0. The number of amides is 2. The molecule has 1 aliphatic rings. The van der Waals surface area contributed by atoms with Crippen molar-refractivity contribution in [3.8, 4) is 0 Å². The third-order valence-electron chi connectivity index (χ3n) is 6.24. The molecule has 3 heterocycles. The maximum absolute atomic E-state index is 13.5. The average Bonchev–Trinajstić information content (AvgIpc) is 3.26. The summed E-state index contributed by atoms with van der Waals surface area (Å²) in [6.45, 7) is 5.34. The van der Waals surface area contributed by atoms with Gasteiger partial charge >= 0.3 is 0 Å². The summed E-state index contributed by atoms with van der Waals surface area (Å²) in [4.78, 5) is 28.2. The van der Waals surface area contributed by atoms with Gasteiger partial charge in [0.15, 0.2) is 5.65 Å². The second-order valence-corrected chi connectivity index (χ2v) is 8.31. The average molecular weight is 420 g/mol. The minimum absolute atomic E-state index is 0.0165. The standard InChI is InChI=1S/C24H29N5O2/c1-3-17(2)21(25-23(30)18-10-5-4-6-11-18)24(31)28-14-9-12-19(16-28)22-27-26-20-13-7-8-15-29(20)22/h4-8,10-11,13,15,17,19,21H,3,9,12,14,16H2,1-2H3,(H,25,30)/t17-,19+,21-/m0/s1. The van der Waals surface area contributed by atoms with Crippen LogP contribution in [0.15, 0.2) is 54.7 Å². The summed E-state index contributed by atoms with van der Waals surface area (Å²) in [6, 6.07) is 14.3. The number of benzene rings is 1. The lowest BCUT2D eigenvalue weighted by Crippen LogP contribution is -2.53. The Morgan fingerprint density at radius 1 is 1.13 bits per heavy atom. The van der Waals surface area contributed by atoms with E-state index >= 15 is 0 Å². The molecule has 31 heavy (non-hydrogen) atoms. The van der Waals surface area contributed by atoms with E-state index < -0.39 is 6.04 Å². The van der Waals surface area contributed by atoms with E-state index in [0.717, 1.165) is 30.7 Å². The van der Waals surface area contributed by atoms with Crippen LogP contribution in [0, 0.1) is 5.92 Å². The van der Waals surface area contributed by atoms with Crippen molar-refractivity contribution in [3.63, 3.8) is 0 Å². The zero-order chi connectivity index (χ0) is 21.8. The Balaban J connectivity index is 1.51. The van der Waals surface area contributed by atoms with E-state index in [4.69, 9.17) is 0 Å². The summed E-state index contributed by atoms with van der Waals surface area (Å²) in [5.41, 5.74) is 1.38. The molecule has 1 fully saturated rings. The minimum atomic E-state index is -0.549. The fraction of sp³-hybridized carbons (Fsp3) is 0.417. The van der Waals surface area contributed by atoms with Crippen LogP contribution in [0.3, 0.4) is 0 Å². The number of fused-ring (bicyclic) bond motifs is 1. The lowest BCUT2D eigenvalue weighted by Gasteiger charge is -2.36. The smallest absolute Gasteiger partial charge is 0.251 e. The predicted octanol–water partition coefficient (Wildman–Crippen LogP) is 3.28. The van der Waals surface area contributed by atoms with E-state index in [2.05, 4.69) is 15.5 Å². The van der Waals surface area contributed by atoms with Crippen molar-refractivity contribution in [2.45, 2.75) is 45.1 Å². The highest BCUT2D eigenvalue weighted by molar-refractivity contribution is 5.97. The number of hydrogen-bond donors (Lipinski definition) is 1. The van der Waals surface area contributed by atoms with E-state index in [1.807, 2.05) is 65.7 Å². The van der Waals surface area contributed by atoms with Crippen LogP contribution in [-0.4, -0.2) is 50.4 Å². The third-order valence-corrected chi connectivity index (χ3v) is 6.24. The number of nitrogens with one attached hydrogen (secondary N) is 1. The molecule has 2 aromatic heterocycles. The summed E-state index contributed by atoms with van der Waals surface area (Å²) in [5.74, 6) is 0.821. The van der Waals surface area contributed by atoms with Gasteiger partial charge in [-0.3, -0.25) is 14.0 Å². The van der Waals surface area contributed by atoms with Gasteiger partial charge in [0.1, 0.15) is 11.9 Å². The second-order valence-electron chi connectivity index (χ2n) is 8.31. The number of aromatic nitrogens is 3. The Hall–Kier alpha value is -3.22. The number of likely N-dealkylation sites (tertiary alicyclic amines) is 1. The Morgan fingerprint density at radius 3 is 2.68 bits per heavy atom. The molecule has 3 aromatic rings. The molecule has 1 N–H and O–H groups in total. The van der Waals surface area contributed by atoms with E-state index in [1.165, 1.54) is 0 Å². The maximum atomic E-state index is 13.5. The van der Waals surface area contributed by atoms with Crippen molar-refractivity contribution in [1.82, 2.24) is 24.8 Å². The number of carbonyl (C=O) groups is 2. The molecule has 1 aromatic carbocycles. The van der Waals surface area contributed by atoms with Crippen molar-refractivity contribution in [2.24, 2.45) is 5.92 Å². The van der Waals surface area contributed by atoms with E-state index in [0.29, 0.717) is 18.7 Å². The fourth-order valence-corrected chi connectivity index (χ4v) is 4.22. The number of nitrogens with zero attached hydrogens (tertiary/aromatic N) is 4. The first-order valence-corrected chi connectivity index (χ1v) is 11.0. The quantitative estimate of drug-likeness (QED) is 0.665. The van der Waals surface area contributed by atoms with Gasteiger partial charge in [0, 0.05) is 30.8 Å². The van der Waals surface area contributed by atoms with Crippen LogP contribution in [0.4, 0.5) is 0 Å². The van der Waals surface area contributed by atoms with Gasteiger partial charge in [-0.25, -0.2) is 0 Å². The molecule has 0 aliphatic carbocycles. The number of carbonyl (C=O) groups excluding carboxylic acids is 2. The molecule has 1 saturated heterocycles. The van der Waals surface area contributed by atoms with Gasteiger partial charge < -0.3 is 10.2 Å². The predicted molar refractivity (Wildman–Crippen MR) is 119 cm³/mol. The van der Waals surface area contributed by atoms with Gasteiger partial charge in [-0.1, -0.05) is 44.5 Å². The first kappa shape index (κ1) is 21.0. The van der Waals surface area contributed by atoms with Crippen LogP contribution in [0.1, 0.15) is 55.2 Å². The summed E-state index contributed by atoms with van der Waals surface area (Å²) in [5, 5.41) is 11.7. The number of piperidine rings is 1. The topological polar surface area (TPSA) is 79.6 Å². The van der Waals surface area contributed by atoms with Gasteiger partial charge in [0.2, 0.25) is 5.91 Å².